The first-order valence-electron chi connectivity index (χ1n) is 10.9. The van der Waals surface area contributed by atoms with E-state index in [0.29, 0.717) is 12.8 Å². The Bertz CT molecular complexity index is 619. The lowest BCUT2D eigenvalue weighted by molar-refractivity contribution is -0.155. The molecule has 0 bridgehead atoms. The van der Waals surface area contributed by atoms with Crippen LogP contribution in [-0.2, 0) is 9.53 Å². The Morgan fingerprint density at radius 1 is 1.03 bits per heavy atom. The number of aliphatic hydroxyl groups is 2. The first-order chi connectivity index (χ1) is 14.8. The molecule has 1 rings (SSSR count). The lowest BCUT2D eigenvalue weighted by Gasteiger charge is -2.11. The summed E-state index contributed by atoms with van der Waals surface area (Å²) in [7, 11) is 0. The van der Waals surface area contributed by atoms with E-state index < -0.39 is 18.7 Å². The molecule has 0 aromatic heterocycles. The van der Waals surface area contributed by atoms with Crippen LogP contribution in [-0.4, -0.2) is 41.7 Å². The van der Waals surface area contributed by atoms with Gasteiger partial charge in [0.2, 0.25) is 0 Å². The van der Waals surface area contributed by atoms with Crippen LogP contribution in [0.1, 0.15) is 51.9 Å². The molecule has 2 N–H and O–H groups in total. The lowest BCUT2D eigenvalue weighted by atomic mass is 10.1. The van der Waals surface area contributed by atoms with Crippen molar-refractivity contribution >= 4 is 5.97 Å². The molecule has 0 aromatic carbocycles. The molecule has 0 aromatic rings. The Kier molecular flexibility index (Phi) is 13.2. The van der Waals surface area contributed by atoms with E-state index in [0.717, 1.165) is 19.3 Å². The van der Waals surface area contributed by atoms with Gasteiger partial charge in [0, 0.05) is 6.42 Å². The number of allylic oxidation sites excluding steroid dienone is 8. The number of halogens is 3. The highest BCUT2D eigenvalue weighted by atomic mass is 19.4. The largest absolute Gasteiger partial charge is 0.457 e. The first kappa shape index (κ1) is 27.2. The summed E-state index contributed by atoms with van der Waals surface area (Å²) in [6.07, 6.45) is 14.3. The Hall–Kier alpha value is -1.86. The minimum atomic E-state index is -4.05. The maximum absolute atomic E-state index is 12.0. The smallest absolute Gasteiger partial charge is 0.389 e. The zero-order valence-electron chi connectivity index (χ0n) is 18.1. The molecular formula is C24H35F3O4. The van der Waals surface area contributed by atoms with Crippen molar-refractivity contribution in [1.82, 2.24) is 0 Å². The van der Waals surface area contributed by atoms with E-state index in [1.54, 1.807) is 0 Å². The van der Waals surface area contributed by atoms with Crippen LogP contribution in [0.2, 0.25) is 0 Å². The van der Waals surface area contributed by atoms with Crippen molar-refractivity contribution in [3.63, 3.8) is 0 Å². The third-order valence-electron chi connectivity index (χ3n) is 4.89. The van der Waals surface area contributed by atoms with E-state index in [4.69, 9.17) is 14.9 Å². The van der Waals surface area contributed by atoms with Gasteiger partial charge in [-0.25, -0.2) is 0 Å². The summed E-state index contributed by atoms with van der Waals surface area (Å²) >= 11 is 0. The molecule has 0 heterocycles. The van der Waals surface area contributed by atoms with Gasteiger partial charge < -0.3 is 14.9 Å². The molecule has 0 radical (unpaired) electrons. The van der Waals surface area contributed by atoms with Gasteiger partial charge in [-0.3, -0.25) is 4.79 Å². The molecular weight excluding hydrogens is 409 g/mol. The van der Waals surface area contributed by atoms with Crippen LogP contribution in [0, 0.1) is 17.8 Å². The van der Waals surface area contributed by atoms with E-state index in [2.05, 4.69) is 18.2 Å². The number of rotatable bonds is 15. The number of carbonyl (C=O) groups excluding carboxylic acids is 1. The quantitative estimate of drug-likeness (QED) is 0.205. The standard InChI is InChI=1S/C24H35F3O4/c1-19(13-9-6-7-11-15-24(25,26)27)12-8-4-2-3-5-10-14-20-16-22(20)23(30)31-21(17-28)18-29/h2-3,8-10,12-14,19-22,28-29H,4-7,11,15-18H2,1H3/b3-2-,12-8-,13-9-,14-10-/t19-,20-,22?/m1/s1. The molecule has 4 nitrogen and oxygen atoms in total. The summed E-state index contributed by atoms with van der Waals surface area (Å²) in [4.78, 5) is 11.8. The number of hydrogen-bond donors (Lipinski definition) is 2. The number of unbranched alkanes of at least 4 members (excludes halogenated alkanes) is 2. The fraction of sp³-hybridized carbons (Fsp3) is 0.625. The highest BCUT2D eigenvalue weighted by Gasteiger charge is 2.43. The van der Waals surface area contributed by atoms with Crippen LogP contribution in [0.25, 0.3) is 0 Å². The van der Waals surface area contributed by atoms with Crippen LogP contribution in [0.5, 0.6) is 0 Å². The average Bonchev–Trinajstić information content (AvgIpc) is 3.49. The molecule has 0 aliphatic heterocycles. The molecule has 1 aliphatic rings. The van der Waals surface area contributed by atoms with Crippen molar-refractivity contribution in [1.29, 1.82) is 0 Å². The van der Waals surface area contributed by atoms with Gasteiger partial charge in [0.05, 0.1) is 19.1 Å². The number of ether oxygens (including phenoxy) is 1. The highest BCUT2D eigenvalue weighted by Crippen LogP contribution is 2.40. The maximum atomic E-state index is 12.0. The zero-order chi connectivity index (χ0) is 23.1. The minimum Gasteiger partial charge on any atom is -0.457 e. The molecule has 0 saturated heterocycles. The molecule has 1 aliphatic carbocycles. The van der Waals surface area contributed by atoms with Gasteiger partial charge in [0.25, 0.3) is 0 Å². The van der Waals surface area contributed by atoms with E-state index in [1.807, 2.05) is 37.3 Å². The molecule has 0 spiro atoms. The normalized spacial score (nSPS) is 20.6. The predicted molar refractivity (Wildman–Crippen MR) is 115 cm³/mol. The van der Waals surface area contributed by atoms with E-state index >= 15 is 0 Å². The molecule has 1 saturated carbocycles. The van der Waals surface area contributed by atoms with E-state index in [1.165, 1.54) is 0 Å². The van der Waals surface area contributed by atoms with E-state index in [-0.39, 0.29) is 43.4 Å². The second-order valence-electron chi connectivity index (χ2n) is 7.88. The summed E-state index contributed by atoms with van der Waals surface area (Å²) in [5.74, 6) is -0.130. The SMILES string of the molecule is C[C@H](/C=C\C/C=C\C/C=C\[C@@H]1CC1C(=O)OC(CO)CO)/C=C\CCCCC(F)(F)F. The second-order valence-corrected chi connectivity index (χ2v) is 7.88. The van der Waals surface area contributed by atoms with Crippen molar-refractivity contribution < 1.29 is 32.9 Å². The Morgan fingerprint density at radius 2 is 1.68 bits per heavy atom. The minimum absolute atomic E-state index is 0.167. The Morgan fingerprint density at radius 3 is 2.32 bits per heavy atom. The number of alkyl halides is 3. The first-order valence-corrected chi connectivity index (χ1v) is 10.9. The van der Waals surface area contributed by atoms with E-state index in [9.17, 15) is 18.0 Å². The summed E-state index contributed by atoms with van der Waals surface area (Å²) in [6, 6.07) is 0. The third-order valence-corrected chi connectivity index (χ3v) is 4.89. The highest BCUT2D eigenvalue weighted by molar-refractivity contribution is 5.76. The van der Waals surface area contributed by atoms with Crippen LogP contribution in [0.4, 0.5) is 13.2 Å². The molecule has 1 unspecified atom stereocenters. The maximum Gasteiger partial charge on any atom is 0.389 e. The van der Waals surface area contributed by atoms with Crippen LogP contribution >= 0.6 is 0 Å². The van der Waals surface area contributed by atoms with Gasteiger partial charge in [0.1, 0.15) is 6.10 Å². The average molecular weight is 445 g/mol. The summed E-state index contributed by atoms with van der Waals surface area (Å²) in [5.41, 5.74) is 0. The number of aliphatic hydroxyl groups excluding tert-OH is 2. The topological polar surface area (TPSA) is 66.8 Å². The third kappa shape index (κ3) is 13.9. The molecule has 7 heteroatoms. The Balaban J connectivity index is 2.10. The van der Waals surface area contributed by atoms with Gasteiger partial charge in [-0.05, 0) is 50.4 Å². The monoisotopic (exact) mass is 444 g/mol. The van der Waals surface area contributed by atoms with Gasteiger partial charge in [-0.1, -0.05) is 55.5 Å². The van der Waals surface area contributed by atoms with Gasteiger partial charge in [0.15, 0.2) is 0 Å². The molecule has 0 amide bonds. The van der Waals surface area contributed by atoms with Crippen LogP contribution in [0.15, 0.2) is 48.6 Å². The second kappa shape index (κ2) is 15.0. The summed E-state index contributed by atoms with van der Waals surface area (Å²) in [6.45, 7) is 1.28. The number of hydrogen-bond acceptors (Lipinski definition) is 4. The van der Waals surface area contributed by atoms with Crippen molar-refractivity contribution in [2.75, 3.05) is 13.2 Å². The van der Waals surface area contributed by atoms with Crippen molar-refractivity contribution in [2.24, 2.45) is 17.8 Å². The molecule has 1 fully saturated rings. The molecule has 176 valence electrons. The van der Waals surface area contributed by atoms with Gasteiger partial charge in [-0.15, -0.1) is 0 Å². The van der Waals surface area contributed by atoms with Gasteiger partial charge >= 0.3 is 12.1 Å². The Labute approximate surface area is 183 Å². The van der Waals surface area contributed by atoms with Crippen LogP contribution < -0.4 is 0 Å². The summed E-state index contributed by atoms with van der Waals surface area (Å²) in [5, 5.41) is 17.9. The molecule has 3 atom stereocenters. The van der Waals surface area contributed by atoms with Crippen molar-refractivity contribution in [2.45, 2.75) is 64.1 Å². The summed E-state index contributed by atoms with van der Waals surface area (Å²) < 4.78 is 41.1. The van der Waals surface area contributed by atoms with Crippen LogP contribution in [0.3, 0.4) is 0 Å². The fourth-order valence-corrected chi connectivity index (χ4v) is 2.94. The fourth-order valence-electron chi connectivity index (χ4n) is 2.94. The van der Waals surface area contributed by atoms with Gasteiger partial charge in [-0.2, -0.15) is 13.2 Å². The molecule has 31 heavy (non-hydrogen) atoms. The zero-order valence-corrected chi connectivity index (χ0v) is 18.1. The predicted octanol–water partition coefficient (Wildman–Crippen LogP) is 5.28. The van der Waals surface area contributed by atoms with Crippen molar-refractivity contribution in [3.05, 3.63) is 48.6 Å². The van der Waals surface area contributed by atoms with Crippen molar-refractivity contribution in [3.8, 4) is 0 Å². The lowest BCUT2D eigenvalue weighted by Crippen LogP contribution is -2.26. The number of esters is 1. The number of carbonyl (C=O) groups is 1.